The summed E-state index contributed by atoms with van der Waals surface area (Å²) in [6.07, 6.45) is -0.494. The molecule has 0 saturated carbocycles. The molecule has 0 saturated heterocycles. The number of ether oxygens (including phenoxy) is 1. The third kappa shape index (κ3) is 2.99. The Balaban J connectivity index is 2.89. The molecule has 0 aliphatic carbocycles. The number of nitriles is 1. The Morgan fingerprint density at radius 3 is 2.93 bits per heavy atom. The van der Waals surface area contributed by atoms with Gasteiger partial charge in [-0.3, -0.25) is 0 Å². The van der Waals surface area contributed by atoms with E-state index in [-0.39, 0.29) is 0 Å². The Kier molecular flexibility index (Phi) is 3.69. The van der Waals surface area contributed by atoms with Crippen LogP contribution in [-0.2, 0) is 0 Å². The Morgan fingerprint density at radius 1 is 1.60 bits per heavy atom. The van der Waals surface area contributed by atoms with Crippen molar-refractivity contribution in [1.29, 1.82) is 5.26 Å². The first-order valence-corrected chi connectivity index (χ1v) is 4.52. The van der Waals surface area contributed by atoms with Crippen LogP contribution in [0.4, 0.5) is 0 Å². The van der Waals surface area contributed by atoms with Crippen LogP contribution in [-0.4, -0.2) is 17.0 Å². The number of hydrogen-bond donors (Lipinski definition) is 1. The van der Waals surface area contributed by atoms with Gasteiger partial charge in [0.05, 0.1) is 5.71 Å². The van der Waals surface area contributed by atoms with E-state index in [2.05, 4.69) is 5.16 Å². The maximum Gasteiger partial charge on any atom is 0.181 e. The molecule has 0 heterocycles. The summed E-state index contributed by atoms with van der Waals surface area (Å²) in [5, 5.41) is 20.3. The van der Waals surface area contributed by atoms with E-state index in [9.17, 15) is 0 Å². The molecule has 0 aromatic heterocycles. The van der Waals surface area contributed by atoms with Crippen molar-refractivity contribution < 1.29 is 9.94 Å². The van der Waals surface area contributed by atoms with Crippen LogP contribution in [0.1, 0.15) is 19.4 Å². The molecule has 0 fully saturated rings. The average molecular weight is 204 g/mol. The van der Waals surface area contributed by atoms with Gasteiger partial charge in [-0.05, 0) is 26.0 Å². The number of nitrogens with zero attached hydrogens (tertiary/aromatic N) is 2. The van der Waals surface area contributed by atoms with Crippen molar-refractivity contribution in [3.63, 3.8) is 0 Å². The van der Waals surface area contributed by atoms with Gasteiger partial charge in [0.2, 0.25) is 0 Å². The smallest absolute Gasteiger partial charge is 0.181 e. The predicted octanol–water partition coefficient (Wildman–Crippen LogP) is 2.18. The van der Waals surface area contributed by atoms with E-state index in [1.54, 1.807) is 38.1 Å². The average Bonchev–Trinajstić information content (AvgIpc) is 2.28. The van der Waals surface area contributed by atoms with E-state index < -0.39 is 6.10 Å². The van der Waals surface area contributed by atoms with Crippen LogP contribution in [0.3, 0.4) is 0 Å². The molecule has 0 aliphatic heterocycles. The standard InChI is InChI=1S/C11H12N2O2/c1-8(7-12)15-11-5-3-4-10(6-11)9(2)13-14/h3-6,8,14H,1-2H3. The third-order valence-electron chi connectivity index (χ3n) is 1.90. The quantitative estimate of drug-likeness (QED) is 0.466. The molecule has 15 heavy (non-hydrogen) atoms. The second-order valence-corrected chi connectivity index (χ2v) is 3.10. The van der Waals surface area contributed by atoms with Crippen molar-refractivity contribution >= 4 is 5.71 Å². The molecule has 1 aromatic carbocycles. The molecular formula is C11H12N2O2. The Labute approximate surface area is 88.4 Å². The molecule has 0 spiro atoms. The highest BCUT2D eigenvalue weighted by atomic mass is 16.5. The van der Waals surface area contributed by atoms with E-state index in [4.69, 9.17) is 15.2 Å². The summed E-state index contributed by atoms with van der Waals surface area (Å²) in [6.45, 7) is 3.35. The lowest BCUT2D eigenvalue weighted by molar-refractivity contribution is 0.276. The summed E-state index contributed by atoms with van der Waals surface area (Å²) in [7, 11) is 0. The van der Waals surface area contributed by atoms with E-state index in [1.807, 2.05) is 6.07 Å². The first-order valence-electron chi connectivity index (χ1n) is 4.52. The summed E-state index contributed by atoms with van der Waals surface area (Å²) >= 11 is 0. The summed E-state index contributed by atoms with van der Waals surface area (Å²) in [4.78, 5) is 0. The van der Waals surface area contributed by atoms with Crippen molar-refractivity contribution in [2.45, 2.75) is 20.0 Å². The van der Waals surface area contributed by atoms with Crippen LogP contribution in [0.5, 0.6) is 5.75 Å². The van der Waals surface area contributed by atoms with Gasteiger partial charge in [0.25, 0.3) is 0 Å². The third-order valence-corrected chi connectivity index (χ3v) is 1.90. The molecule has 1 aromatic rings. The molecule has 1 unspecified atom stereocenters. The van der Waals surface area contributed by atoms with Gasteiger partial charge < -0.3 is 9.94 Å². The van der Waals surface area contributed by atoms with E-state index in [1.165, 1.54) is 0 Å². The van der Waals surface area contributed by atoms with Gasteiger partial charge in [-0.15, -0.1) is 0 Å². The number of benzene rings is 1. The van der Waals surface area contributed by atoms with E-state index in [0.717, 1.165) is 5.56 Å². The van der Waals surface area contributed by atoms with Crippen LogP contribution in [0, 0.1) is 11.3 Å². The van der Waals surface area contributed by atoms with Gasteiger partial charge in [0.15, 0.2) is 6.10 Å². The monoisotopic (exact) mass is 204 g/mol. The summed E-state index contributed by atoms with van der Waals surface area (Å²) in [5.41, 5.74) is 1.27. The highest BCUT2D eigenvalue weighted by Gasteiger charge is 2.03. The van der Waals surface area contributed by atoms with Gasteiger partial charge >= 0.3 is 0 Å². The predicted molar refractivity (Wildman–Crippen MR) is 56.1 cm³/mol. The van der Waals surface area contributed by atoms with Gasteiger partial charge in [-0.25, -0.2) is 0 Å². The minimum Gasteiger partial charge on any atom is -0.476 e. The van der Waals surface area contributed by atoms with Gasteiger partial charge in [0, 0.05) is 5.56 Å². The fourth-order valence-corrected chi connectivity index (χ4v) is 1.08. The molecule has 4 nitrogen and oxygen atoms in total. The van der Waals surface area contributed by atoms with Crippen molar-refractivity contribution in [2.24, 2.45) is 5.16 Å². The lowest BCUT2D eigenvalue weighted by Gasteiger charge is -2.08. The lowest BCUT2D eigenvalue weighted by atomic mass is 10.1. The van der Waals surface area contributed by atoms with Crippen LogP contribution in [0.2, 0.25) is 0 Å². The van der Waals surface area contributed by atoms with Crippen molar-refractivity contribution in [2.75, 3.05) is 0 Å². The minimum absolute atomic E-state index is 0.494. The highest BCUT2D eigenvalue weighted by Crippen LogP contribution is 2.15. The normalized spacial score (nSPS) is 13.0. The number of rotatable bonds is 3. The molecule has 1 N–H and O–H groups in total. The van der Waals surface area contributed by atoms with Crippen LogP contribution in [0.15, 0.2) is 29.4 Å². The van der Waals surface area contributed by atoms with Gasteiger partial charge in [-0.2, -0.15) is 5.26 Å². The summed E-state index contributed by atoms with van der Waals surface area (Å²) < 4.78 is 5.30. The second-order valence-electron chi connectivity index (χ2n) is 3.10. The van der Waals surface area contributed by atoms with Crippen molar-refractivity contribution in [3.05, 3.63) is 29.8 Å². The highest BCUT2D eigenvalue weighted by molar-refractivity contribution is 5.98. The molecule has 4 heteroatoms. The Morgan fingerprint density at radius 2 is 2.33 bits per heavy atom. The maximum absolute atomic E-state index is 8.60. The fourth-order valence-electron chi connectivity index (χ4n) is 1.08. The lowest BCUT2D eigenvalue weighted by Crippen LogP contribution is -2.08. The molecular weight excluding hydrogens is 192 g/mol. The topological polar surface area (TPSA) is 65.6 Å². The number of oxime groups is 1. The van der Waals surface area contributed by atoms with Crippen LogP contribution >= 0.6 is 0 Å². The molecule has 0 aliphatic rings. The first-order chi connectivity index (χ1) is 7.17. The molecule has 0 bridgehead atoms. The largest absolute Gasteiger partial charge is 0.476 e. The molecule has 0 amide bonds. The summed E-state index contributed by atoms with van der Waals surface area (Å²) in [5.74, 6) is 0.588. The second kappa shape index (κ2) is 5.01. The maximum atomic E-state index is 8.60. The van der Waals surface area contributed by atoms with E-state index in [0.29, 0.717) is 11.5 Å². The zero-order valence-electron chi connectivity index (χ0n) is 8.64. The Hall–Kier alpha value is -2.02. The molecule has 1 rings (SSSR count). The van der Waals surface area contributed by atoms with E-state index >= 15 is 0 Å². The SMILES string of the molecule is CC(=NO)c1cccc(OC(C)C#N)c1. The minimum atomic E-state index is -0.494. The molecule has 78 valence electrons. The molecule has 1 atom stereocenters. The van der Waals surface area contributed by atoms with Crippen LogP contribution < -0.4 is 4.74 Å². The zero-order valence-corrected chi connectivity index (χ0v) is 8.64. The first kappa shape index (κ1) is 11.1. The zero-order chi connectivity index (χ0) is 11.3. The molecule has 0 radical (unpaired) electrons. The summed E-state index contributed by atoms with van der Waals surface area (Å²) in [6, 6.07) is 9.04. The number of hydrogen-bond acceptors (Lipinski definition) is 4. The van der Waals surface area contributed by atoms with Crippen molar-refractivity contribution in [3.8, 4) is 11.8 Å². The fraction of sp³-hybridized carbons (Fsp3) is 0.273. The van der Waals surface area contributed by atoms with Gasteiger partial charge in [-0.1, -0.05) is 17.3 Å². The van der Waals surface area contributed by atoms with Gasteiger partial charge in [0.1, 0.15) is 11.8 Å². The Bertz CT molecular complexity index is 407. The van der Waals surface area contributed by atoms with Crippen molar-refractivity contribution in [1.82, 2.24) is 0 Å². The van der Waals surface area contributed by atoms with Crippen LogP contribution in [0.25, 0.3) is 0 Å².